The van der Waals surface area contributed by atoms with Crippen LogP contribution in [0.15, 0.2) is 18.2 Å². The van der Waals surface area contributed by atoms with Crippen LogP contribution in [0.5, 0.6) is 0 Å². The summed E-state index contributed by atoms with van der Waals surface area (Å²) in [5.41, 5.74) is 0.914. The number of fused-ring (bicyclic) bond motifs is 1. The lowest BCUT2D eigenvalue weighted by Crippen LogP contribution is -2.44. The van der Waals surface area contributed by atoms with Gasteiger partial charge in [0.2, 0.25) is 0 Å². The smallest absolute Gasteiger partial charge is 0.410 e. The third kappa shape index (κ3) is 5.13. The van der Waals surface area contributed by atoms with Crippen LogP contribution < -0.4 is 5.32 Å². The maximum atomic E-state index is 12.2. The number of anilines is 1. The molecule has 0 atom stereocenters. The van der Waals surface area contributed by atoms with E-state index < -0.39 is 5.60 Å². The Bertz CT molecular complexity index is 851. The Balaban J connectivity index is 1.58. The highest BCUT2D eigenvalue weighted by Crippen LogP contribution is 2.29. The molecule has 0 bridgehead atoms. The van der Waals surface area contributed by atoms with Crippen molar-refractivity contribution < 1.29 is 19.1 Å². The molecule has 1 N–H and O–H groups in total. The Kier molecular flexibility index (Phi) is 6.07. The van der Waals surface area contributed by atoms with Gasteiger partial charge in [0.1, 0.15) is 5.60 Å². The van der Waals surface area contributed by atoms with Gasteiger partial charge in [-0.25, -0.2) is 14.6 Å². The second-order valence-corrected chi connectivity index (χ2v) is 8.84. The molecule has 3 rings (SSSR count). The minimum atomic E-state index is -0.477. The lowest BCUT2D eigenvalue weighted by molar-refractivity contribution is 0.0210. The molecule has 0 aliphatic carbocycles. The second kappa shape index (κ2) is 8.34. The number of thiazole rings is 1. The van der Waals surface area contributed by atoms with Crippen LogP contribution in [0.4, 0.5) is 9.93 Å². The molecule has 0 radical (unpaired) electrons. The average Bonchev–Trinajstić information content (AvgIpc) is 3.02. The summed E-state index contributed by atoms with van der Waals surface area (Å²) in [6.07, 6.45) is 1.42. The number of carbonyl (C=O) groups is 2. The minimum absolute atomic E-state index is 0.252. The van der Waals surface area contributed by atoms with E-state index in [2.05, 4.69) is 10.3 Å². The molecule has 1 aliphatic rings. The van der Waals surface area contributed by atoms with Gasteiger partial charge >= 0.3 is 12.1 Å². The van der Waals surface area contributed by atoms with Gasteiger partial charge < -0.3 is 19.7 Å². The van der Waals surface area contributed by atoms with E-state index >= 15 is 0 Å². The number of nitrogens with one attached hydrogen (secondary N) is 1. The van der Waals surface area contributed by atoms with Crippen LogP contribution in [0.2, 0.25) is 0 Å². The lowest BCUT2D eigenvalue weighted by Gasteiger charge is -2.33. The maximum Gasteiger partial charge on any atom is 0.410 e. The van der Waals surface area contributed by atoms with Crippen LogP contribution in [0.25, 0.3) is 10.2 Å². The predicted octanol–water partition coefficient (Wildman–Crippen LogP) is 4.28. The van der Waals surface area contributed by atoms with Gasteiger partial charge in [0.05, 0.1) is 22.4 Å². The SMILES string of the molecule is CCOC(=O)c1ccc2nc(NC3CCN(C(=O)OC(C)(C)C)CC3)sc2c1. The van der Waals surface area contributed by atoms with Gasteiger partial charge in [-0.1, -0.05) is 11.3 Å². The zero-order valence-corrected chi connectivity index (χ0v) is 17.6. The topological polar surface area (TPSA) is 80.8 Å². The number of amides is 1. The summed E-state index contributed by atoms with van der Waals surface area (Å²) in [4.78, 5) is 30.4. The summed E-state index contributed by atoms with van der Waals surface area (Å²) in [7, 11) is 0. The first kappa shape index (κ1) is 20.4. The van der Waals surface area contributed by atoms with Gasteiger partial charge in [-0.05, 0) is 58.7 Å². The van der Waals surface area contributed by atoms with Gasteiger partial charge in [-0.15, -0.1) is 0 Å². The monoisotopic (exact) mass is 405 g/mol. The standard InChI is InChI=1S/C20H27N3O4S/c1-5-26-17(24)13-6-7-15-16(12-13)28-18(22-15)21-14-8-10-23(11-9-14)19(25)27-20(2,3)4/h6-7,12,14H,5,8-11H2,1-4H3,(H,21,22). The first-order chi connectivity index (χ1) is 13.2. The molecule has 152 valence electrons. The highest BCUT2D eigenvalue weighted by atomic mass is 32.1. The van der Waals surface area contributed by atoms with E-state index in [1.165, 1.54) is 11.3 Å². The van der Waals surface area contributed by atoms with Crippen molar-refractivity contribution in [3.8, 4) is 0 Å². The van der Waals surface area contributed by atoms with Crippen molar-refractivity contribution in [2.75, 3.05) is 25.0 Å². The van der Waals surface area contributed by atoms with E-state index in [-0.39, 0.29) is 18.1 Å². The number of esters is 1. The Morgan fingerprint density at radius 2 is 2.00 bits per heavy atom. The van der Waals surface area contributed by atoms with Crippen molar-refractivity contribution in [2.24, 2.45) is 0 Å². The summed E-state index contributed by atoms with van der Waals surface area (Å²) in [6.45, 7) is 9.08. The molecule has 2 aromatic rings. The molecule has 7 nitrogen and oxygen atoms in total. The van der Waals surface area contributed by atoms with Crippen molar-refractivity contribution in [2.45, 2.75) is 52.2 Å². The van der Waals surface area contributed by atoms with Crippen LogP contribution in [-0.4, -0.2) is 53.3 Å². The summed E-state index contributed by atoms with van der Waals surface area (Å²) in [6, 6.07) is 5.66. The number of piperidine rings is 1. The molecule has 8 heteroatoms. The number of carbonyl (C=O) groups excluding carboxylic acids is 2. The van der Waals surface area contributed by atoms with Crippen molar-refractivity contribution >= 4 is 38.7 Å². The normalized spacial score (nSPS) is 15.5. The molecule has 1 aromatic heterocycles. The van der Waals surface area contributed by atoms with E-state index in [9.17, 15) is 9.59 Å². The van der Waals surface area contributed by atoms with Crippen LogP contribution in [0.1, 0.15) is 50.9 Å². The zero-order chi connectivity index (χ0) is 20.3. The van der Waals surface area contributed by atoms with E-state index in [0.29, 0.717) is 25.3 Å². The van der Waals surface area contributed by atoms with Gasteiger partial charge in [0, 0.05) is 19.1 Å². The van der Waals surface area contributed by atoms with Crippen molar-refractivity contribution in [3.05, 3.63) is 23.8 Å². The molecular formula is C20H27N3O4S. The zero-order valence-electron chi connectivity index (χ0n) is 16.8. The molecule has 1 saturated heterocycles. The first-order valence-electron chi connectivity index (χ1n) is 9.57. The maximum absolute atomic E-state index is 12.2. The number of rotatable bonds is 4. The highest BCUT2D eigenvalue weighted by molar-refractivity contribution is 7.22. The fourth-order valence-corrected chi connectivity index (χ4v) is 4.02. The number of ether oxygens (including phenoxy) is 2. The number of hydrogen-bond donors (Lipinski definition) is 1. The summed E-state index contributed by atoms with van der Waals surface area (Å²) in [5, 5.41) is 4.29. The number of benzene rings is 1. The molecule has 1 fully saturated rings. The highest BCUT2D eigenvalue weighted by Gasteiger charge is 2.27. The summed E-state index contributed by atoms with van der Waals surface area (Å²) < 4.78 is 11.4. The van der Waals surface area contributed by atoms with Crippen LogP contribution >= 0.6 is 11.3 Å². The third-order valence-corrected chi connectivity index (χ3v) is 5.32. The molecular weight excluding hydrogens is 378 g/mol. The summed E-state index contributed by atoms with van der Waals surface area (Å²) >= 11 is 1.52. The molecule has 0 saturated carbocycles. The number of likely N-dealkylation sites (tertiary alicyclic amines) is 1. The lowest BCUT2D eigenvalue weighted by atomic mass is 10.1. The Morgan fingerprint density at radius 1 is 1.29 bits per heavy atom. The van der Waals surface area contributed by atoms with Gasteiger partial charge in [0.15, 0.2) is 5.13 Å². The van der Waals surface area contributed by atoms with Crippen LogP contribution in [-0.2, 0) is 9.47 Å². The molecule has 0 unspecified atom stereocenters. The number of hydrogen-bond acceptors (Lipinski definition) is 7. The number of nitrogens with zero attached hydrogens (tertiary/aromatic N) is 2. The summed E-state index contributed by atoms with van der Waals surface area (Å²) in [5.74, 6) is -0.318. The molecule has 1 amide bonds. The first-order valence-corrected chi connectivity index (χ1v) is 10.4. The fourth-order valence-electron chi connectivity index (χ4n) is 3.04. The predicted molar refractivity (Wildman–Crippen MR) is 110 cm³/mol. The largest absolute Gasteiger partial charge is 0.462 e. The molecule has 1 aromatic carbocycles. The Hall–Kier alpha value is -2.35. The third-order valence-electron chi connectivity index (χ3n) is 4.37. The van der Waals surface area contributed by atoms with E-state index in [0.717, 1.165) is 28.2 Å². The van der Waals surface area contributed by atoms with Gasteiger partial charge in [-0.2, -0.15) is 0 Å². The van der Waals surface area contributed by atoms with E-state index in [1.807, 2.05) is 32.9 Å². The Labute approximate surface area is 169 Å². The minimum Gasteiger partial charge on any atom is -0.462 e. The average molecular weight is 406 g/mol. The molecule has 2 heterocycles. The van der Waals surface area contributed by atoms with Crippen LogP contribution in [0.3, 0.4) is 0 Å². The Morgan fingerprint density at radius 3 is 2.64 bits per heavy atom. The fraction of sp³-hybridized carbons (Fsp3) is 0.550. The van der Waals surface area contributed by atoms with Crippen molar-refractivity contribution in [1.82, 2.24) is 9.88 Å². The van der Waals surface area contributed by atoms with Crippen molar-refractivity contribution in [3.63, 3.8) is 0 Å². The molecule has 1 aliphatic heterocycles. The van der Waals surface area contributed by atoms with E-state index in [4.69, 9.17) is 9.47 Å². The quantitative estimate of drug-likeness (QED) is 0.765. The second-order valence-electron chi connectivity index (χ2n) is 7.81. The molecule has 28 heavy (non-hydrogen) atoms. The molecule has 0 spiro atoms. The van der Waals surface area contributed by atoms with Gasteiger partial charge in [-0.3, -0.25) is 0 Å². The van der Waals surface area contributed by atoms with Crippen LogP contribution in [0, 0.1) is 0 Å². The van der Waals surface area contributed by atoms with E-state index in [1.54, 1.807) is 17.9 Å². The van der Waals surface area contributed by atoms with Crippen molar-refractivity contribution in [1.29, 1.82) is 0 Å². The van der Waals surface area contributed by atoms with Gasteiger partial charge in [0.25, 0.3) is 0 Å². The number of aromatic nitrogens is 1.